The van der Waals surface area contributed by atoms with E-state index in [9.17, 15) is 13.2 Å². The summed E-state index contributed by atoms with van der Waals surface area (Å²) >= 11 is 0. The van der Waals surface area contributed by atoms with Gasteiger partial charge in [-0.05, 0) is 12.1 Å². The Balaban J connectivity index is 2.77. The Kier molecular flexibility index (Phi) is 4.71. The van der Waals surface area contributed by atoms with Crippen molar-refractivity contribution in [1.29, 1.82) is 0 Å². The van der Waals surface area contributed by atoms with Crippen molar-refractivity contribution < 1.29 is 27.4 Å². The van der Waals surface area contributed by atoms with Crippen LogP contribution >= 0.6 is 0 Å². The van der Waals surface area contributed by atoms with Crippen molar-refractivity contribution in [1.82, 2.24) is 4.98 Å². The van der Waals surface area contributed by atoms with Gasteiger partial charge in [0, 0.05) is 20.4 Å². The summed E-state index contributed by atoms with van der Waals surface area (Å²) in [7, 11) is 2.72. The molecule has 0 aliphatic rings. The van der Waals surface area contributed by atoms with E-state index >= 15 is 0 Å². The number of rotatable bonds is 5. The highest BCUT2D eigenvalue weighted by atomic mass is 19.4. The van der Waals surface area contributed by atoms with E-state index in [-0.39, 0.29) is 6.61 Å². The minimum atomic E-state index is -4.50. The van der Waals surface area contributed by atoms with E-state index in [4.69, 9.17) is 14.2 Å². The summed E-state index contributed by atoms with van der Waals surface area (Å²) in [5.74, 6) is -0.487. The lowest BCUT2D eigenvalue weighted by atomic mass is 10.2. The second-order valence-corrected chi connectivity index (χ2v) is 3.07. The maximum atomic E-state index is 12.6. The lowest BCUT2D eigenvalue weighted by Gasteiger charge is -2.16. The van der Waals surface area contributed by atoms with E-state index in [0.717, 1.165) is 6.07 Å². The predicted molar refractivity (Wildman–Crippen MR) is 52.5 cm³/mol. The van der Waals surface area contributed by atoms with Crippen LogP contribution < -0.4 is 4.74 Å². The van der Waals surface area contributed by atoms with Crippen molar-refractivity contribution in [2.24, 2.45) is 0 Å². The third-order valence-corrected chi connectivity index (χ3v) is 1.96. The number of methoxy groups -OCH3 is 2. The third kappa shape index (κ3) is 3.86. The van der Waals surface area contributed by atoms with Gasteiger partial charge in [-0.25, -0.2) is 4.98 Å². The summed E-state index contributed by atoms with van der Waals surface area (Å²) in [6, 6.07) is 2.09. The van der Waals surface area contributed by atoms with Crippen LogP contribution in [0, 0.1) is 0 Å². The number of halogens is 3. The highest BCUT2D eigenvalue weighted by Gasteiger charge is 2.35. The zero-order chi connectivity index (χ0) is 12.9. The first-order chi connectivity index (χ1) is 7.99. The second-order valence-electron chi connectivity index (χ2n) is 3.07. The minimum Gasteiger partial charge on any atom is -0.472 e. The smallest absolute Gasteiger partial charge is 0.421 e. The second kappa shape index (κ2) is 5.83. The molecule has 0 aromatic carbocycles. The van der Waals surface area contributed by atoms with Gasteiger partial charge in [-0.3, -0.25) is 0 Å². The number of hydrogen-bond donors (Lipinski definition) is 0. The van der Waals surface area contributed by atoms with Gasteiger partial charge in [-0.1, -0.05) is 0 Å². The number of alkyl halides is 3. The van der Waals surface area contributed by atoms with Gasteiger partial charge < -0.3 is 14.2 Å². The van der Waals surface area contributed by atoms with Gasteiger partial charge in [0.05, 0.1) is 0 Å². The quantitative estimate of drug-likeness (QED) is 0.751. The first kappa shape index (κ1) is 13.7. The molecule has 0 saturated carbocycles. The van der Waals surface area contributed by atoms with Gasteiger partial charge in [0.1, 0.15) is 12.2 Å². The maximum Gasteiger partial charge on any atom is 0.421 e. The Morgan fingerprint density at radius 3 is 2.47 bits per heavy atom. The van der Waals surface area contributed by atoms with Crippen molar-refractivity contribution in [2.75, 3.05) is 20.8 Å². The molecule has 1 aromatic rings. The summed E-state index contributed by atoms with van der Waals surface area (Å²) < 4.78 is 52.2. The molecular weight excluding hydrogens is 239 g/mol. The van der Waals surface area contributed by atoms with Gasteiger partial charge in [0.15, 0.2) is 6.29 Å². The largest absolute Gasteiger partial charge is 0.472 e. The van der Waals surface area contributed by atoms with E-state index in [1.807, 2.05) is 0 Å². The Hall–Kier alpha value is -1.34. The molecule has 0 atom stereocenters. The summed E-state index contributed by atoms with van der Waals surface area (Å²) in [5, 5.41) is 0. The fraction of sp³-hybridized carbons (Fsp3) is 0.500. The molecule has 0 fully saturated rings. The van der Waals surface area contributed by atoms with E-state index in [0.29, 0.717) is 0 Å². The van der Waals surface area contributed by atoms with E-state index in [1.54, 1.807) is 0 Å². The SMILES string of the molecule is COC(COc1ncccc1C(F)(F)F)OC. The molecule has 0 radical (unpaired) electrons. The van der Waals surface area contributed by atoms with Gasteiger partial charge >= 0.3 is 6.18 Å². The topological polar surface area (TPSA) is 40.6 Å². The van der Waals surface area contributed by atoms with E-state index in [2.05, 4.69) is 4.98 Å². The van der Waals surface area contributed by atoms with Crippen molar-refractivity contribution in [3.05, 3.63) is 23.9 Å². The zero-order valence-corrected chi connectivity index (χ0v) is 9.32. The minimum absolute atomic E-state index is 0.174. The molecule has 0 N–H and O–H groups in total. The van der Waals surface area contributed by atoms with Crippen LogP contribution in [-0.4, -0.2) is 32.1 Å². The molecule has 0 saturated heterocycles. The van der Waals surface area contributed by atoms with E-state index < -0.39 is 23.9 Å². The van der Waals surface area contributed by atoms with Crippen molar-refractivity contribution in [3.8, 4) is 5.88 Å². The van der Waals surface area contributed by atoms with Gasteiger partial charge in [-0.15, -0.1) is 0 Å². The Labute approximate surface area is 96.3 Å². The number of aromatic nitrogens is 1. The Morgan fingerprint density at radius 1 is 1.29 bits per heavy atom. The number of nitrogens with zero attached hydrogens (tertiary/aromatic N) is 1. The standard InChI is InChI=1S/C10H12F3NO3/c1-15-8(16-2)6-17-9-7(10(11,12)13)4-3-5-14-9/h3-5,8H,6H2,1-2H3. The van der Waals surface area contributed by atoms with Crippen molar-refractivity contribution in [2.45, 2.75) is 12.5 Å². The average molecular weight is 251 g/mol. The average Bonchev–Trinajstić information content (AvgIpc) is 2.29. The van der Waals surface area contributed by atoms with Crippen LogP contribution in [-0.2, 0) is 15.7 Å². The monoisotopic (exact) mass is 251 g/mol. The maximum absolute atomic E-state index is 12.6. The molecule has 0 unspecified atom stereocenters. The molecule has 96 valence electrons. The normalized spacial score (nSPS) is 11.9. The molecule has 1 rings (SSSR count). The molecule has 0 amide bonds. The van der Waals surface area contributed by atoms with Crippen LogP contribution in [0.5, 0.6) is 5.88 Å². The molecule has 1 aromatic heterocycles. The first-order valence-corrected chi connectivity index (χ1v) is 4.69. The van der Waals surface area contributed by atoms with Crippen LogP contribution in [0.4, 0.5) is 13.2 Å². The van der Waals surface area contributed by atoms with Crippen molar-refractivity contribution in [3.63, 3.8) is 0 Å². The van der Waals surface area contributed by atoms with Crippen LogP contribution in [0.1, 0.15) is 5.56 Å². The molecule has 7 heteroatoms. The summed E-state index contributed by atoms with van der Waals surface area (Å²) in [5.41, 5.74) is -0.925. The molecular formula is C10H12F3NO3. The lowest BCUT2D eigenvalue weighted by Crippen LogP contribution is -2.23. The zero-order valence-electron chi connectivity index (χ0n) is 9.32. The predicted octanol–water partition coefficient (Wildman–Crippen LogP) is 2.10. The molecule has 4 nitrogen and oxygen atoms in total. The highest BCUT2D eigenvalue weighted by Crippen LogP contribution is 2.34. The molecule has 17 heavy (non-hydrogen) atoms. The van der Waals surface area contributed by atoms with Gasteiger partial charge in [-0.2, -0.15) is 13.2 Å². The van der Waals surface area contributed by atoms with Crippen LogP contribution in [0.3, 0.4) is 0 Å². The molecule has 0 spiro atoms. The number of ether oxygens (including phenoxy) is 3. The third-order valence-electron chi connectivity index (χ3n) is 1.96. The number of pyridine rings is 1. The Morgan fingerprint density at radius 2 is 1.94 bits per heavy atom. The van der Waals surface area contributed by atoms with Crippen LogP contribution in [0.25, 0.3) is 0 Å². The summed E-state index contributed by atoms with van der Waals surface area (Å²) in [6.45, 7) is -0.174. The summed E-state index contributed by atoms with van der Waals surface area (Å²) in [4.78, 5) is 3.53. The first-order valence-electron chi connectivity index (χ1n) is 4.69. The highest BCUT2D eigenvalue weighted by molar-refractivity contribution is 5.28. The molecule has 1 heterocycles. The lowest BCUT2D eigenvalue weighted by molar-refractivity contribution is -0.143. The molecule has 0 bridgehead atoms. The Bertz CT molecular complexity index is 353. The fourth-order valence-corrected chi connectivity index (χ4v) is 1.10. The van der Waals surface area contributed by atoms with Gasteiger partial charge in [0.25, 0.3) is 0 Å². The fourth-order valence-electron chi connectivity index (χ4n) is 1.10. The molecule has 0 aliphatic heterocycles. The van der Waals surface area contributed by atoms with Crippen LogP contribution in [0.15, 0.2) is 18.3 Å². The molecule has 0 aliphatic carbocycles. The van der Waals surface area contributed by atoms with Crippen LogP contribution in [0.2, 0.25) is 0 Å². The van der Waals surface area contributed by atoms with Crippen molar-refractivity contribution >= 4 is 0 Å². The summed E-state index contributed by atoms with van der Waals surface area (Å²) in [6.07, 6.45) is -4.02. The van der Waals surface area contributed by atoms with E-state index in [1.165, 1.54) is 26.5 Å². The van der Waals surface area contributed by atoms with Gasteiger partial charge in [0.2, 0.25) is 5.88 Å². The number of hydrogen-bond acceptors (Lipinski definition) is 4.